The van der Waals surface area contributed by atoms with Crippen molar-refractivity contribution in [1.29, 1.82) is 0 Å². The molecule has 3 saturated carbocycles. The van der Waals surface area contributed by atoms with Gasteiger partial charge in [-0.15, -0.1) is 0 Å². The summed E-state index contributed by atoms with van der Waals surface area (Å²) in [6.07, 6.45) is 10.4. The van der Waals surface area contributed by atoms with Crippen LogP contribution < -0.4 is 5.32 Å². The Labute approximate surface area is 107 Å². The molecular weight excluding hydrogens is 206 g/mol. The van der Waals surface area contributed by atoms with Gasteiger partial charge in [-0.05, 0) is 81.1 Å². The largest absolute Gasteiger partial charge is 0.314 e. The number of nitrogens with one attached hydrogen (secondary N) is 1. The van der Waals surface area contributed by atoms with Crippen LogP contribution in [-0.4, -0.2) is 12.6 Å². The Morgan fingerprint density at radius 3 is 2.06 bits per heavy atom. The van der Waals surface area contributed by atoms with Crippen molar-refractivity contribution >= 4 is 0 Å². The summed E-state index contributed by atoms with van der Waals surface area (Å²) in [4.78, 5) is 0. The highest BCUT2D eigenvalue weighted by Crippen LogP contribution is 2.49. The molecule has 0 saturated heterocycles. The maximum Gasteiger partial charge on any atom is 0.00699 e. The standard InChI is InChI=1S/C16H29N/c1-11-3-8-15(9-12(11)2)17-10-16(13-4-5-13)14-6-7-14/h11-17H,3-10H2,1-2H3. The highest BCUT2D eigenvalue weighted by atomic mass is 14.9. The maximum absolute atomic E-state index is 3.92. The van der Waals surface area contributed by atoms with E-state index in [2.05, 4.69) is 19.2 Å². The molecule has 0 spiro atoms. The Bertz CT molecular complexity index is 242. The lowest BCUT2D eigenvalue weighted by Gasteiger charge is -2.33. The first-order chi connectivity index (χ1) is 8.24. The molecule has 3 rings (SSSR count). The van der Waals surface area contributed by atoms with Crippen LogP contribution in [0.4, 0.5) is 0 Å². The molecule has 17 heavy (non-hydrogen) atoms. The van der Waals surface area contributed by atoms with E-state index in [0.717, 1.165) is 35.6 Å². The molecule has 0 bridgehead atoms. The number of hydrogen-bond acceptors (Lipinski definition) is 1. The zero-order valence-corrected chi connectivity index (χ0v) is 11.6. The lowest BCUT2D eigenvalue weighted by molar-refractivity contribution is 0.215. The molecule has 1 nitrogen and oxygen atoms in total. The Balaban J connectivity index is 1.43. The fourth-order valence-electron chi connectivity index (χ4n) is 3.80. The third kappa shape index (κ3) is 3.05. The molecular formula is C16H29N. The first-order valence-electron chi connectivity index (χ1n) is 7.97. The van der Waals surface area contributed by atoms with Crippen molar-refractivity contribution in [2.24, 2.45) is 29.6 Å². The average Bonchev–Trinajstić information content (AvgIpc) is 3.14. The maximum atomic E-state index is 3.92. The van der Waals surface area contributed by atoms with Crippen LogP contribution in [0.15, 0.2) is 0 Å². The minimum atomic E-state index is 0.834. The zero-order chi connectivity index (χ0) is 11.8. The summed E-state index contributed by atoms with van der Waals surface area (Å²) in [5.74, 6) is 5.15. The summed E-state index contributed by atoms with van der Waals surface area (Å²) in [5.41, 5.74) is 0. The average molecular weight is 235 g/mol. The second-order valence-electron chi connectivity index (χ2n) is 7.21. The van der Waals surface area contributed by atoms with Crippen molar-refractivity contribution in [3.05, 3.63) is 0 Å². The lowest BCUT2D eigenvalue weighted by Crippen LogP contribution is -2.39. The van der Waals surface area contributed by atoms with Gasteiger partial charge in [0.15, 0.2) is 0 Å². The van der Waals surface area contributed by atoms with Gasteiger partial charge < -0.3 is 5.32 Å². The van der Waals surface area contributed by atoms with Crippen LogP contribution in [0.1, 0.15) is 58.8 Å². The van der Waals surface area contributed by atoms with Gasteiger partial charge in [-0.25, -0.2) is 0 Å². The summed E-state index contributed by atoms with van der Waals surface area (Å²) < 4.78 is 0. The van der Waals surface area contributed by atoms with Gasteiger partial charge in [0.1, 0.15) is 0 Å². The van der Waals surface area contributed by atoms with Crippen molar-refractivity contribution in [2.45, 2.75) is 64.8 Å². The summed E-state index contributed by atoms with van der Waals surface area (Å²) in [6, 6.07) is 0.834. The molecule has 0 amide bonds. The van der Waals surface area contributed by atoms with E-state index in [1.165, 1.54) is 51.5 Å². The molecule has 0 radical (unpaired) electrons. The summed E-state index contributed by atoms with van der Waals surface area (Å²) in [6.45, 7) is 6.21. The van der Waals surface area contributed by atoms with Gasteiger partial charge in [-0.3, -0.25) is 0 Å². The SMILES string of the molecule is CC1CCC(NCC(C2CC2)C2CC2)CC1C. The van der Waals surface area contributed by atoms with Gasteiger partial charge in [0, 0.05) is 6.04 Å². The zero-order valence-electron chi connectivity index (χ0n) is 11.6. The molecule has 3 aliphatic carbocycles. The van der Waals surface area contributed by atoms with E-state index in [4.69, 9.17) is 0 Å². The normalized spacial score (nSPS) is 38.6. The number of rotatable bonds is 5. The molecule has 0 aliphatic heterocycles. The van der Waals surface area contributed by atoms with E-state index in [0.29, 0.717) is 0 Å². The van der Waals surface area contributed by atoms with Crippen molar-refractivity contribution in [2.75, 3.05) is 6.54 Å². The van der Waals surface area contributed by atoms with Gasteiger partial charge in [-0.1, -0.05) is 13.8 Å². The summed E-state index contributed by atoms with van der Waals surface area (Å²) >= 11 is 0. The minimum absolute atomic E-state index is 0.834. The smallest absolute Gasteiger partial charge is 0.00699 e. The minimum Gasteiger partial charge on any atom is -0.314 e. The summed E-state index contributed by atoms with van der Waals surface area (Å²) in [7, 11) is 0. The molecule has 3 fully saturated rings. The fraction of sp³-hybridized carbons (Fsp3) is 1.00. The Morgan fingerprint density at radius 2 is 1.53 bits per heavy atom. The van der Waals surface area contributed by atoms with Gasteiger partial charge in [0.05, 0.1) is 0 Å². The van der Waals surface area contributed by atoms with E-state index in [-0.39, 0.29) is 0 Å². The van der Waals surface area contributed by atoms with Crippen molar-refractivity contribution in [3.63, 3.8) is 0 Å². The van der Waals surface area contributed by atoms with Crippen LogP contribution in [-0.2, 0) is 0 Å². The second-order valence-corrected chi connectivity index (χ2v) is 7.21. The van der Waals surface area contributed by atoms with Gasteiger partial charge >= 0.3 is 0 Å². The molecule has 1 heteroatoms. The lowest BCUT2D eigenvalue weighted by atomic mass is 9.79. The third-order valence-corrected chi connectivity index (χ3v) is 5.70. The first-order valence-corrected chi connectivity index (χ1v) is 7.97. The van der Waals surface area contributed by atoms with Crippen molar-refractivity contribution in [1.82, 2.24) is 5.32 Å². The Hall–Kier alpha value is -0.0400. The monoisotopic (exact) mass is 235 g/mol. The van der Waals surface area contributed by atoms with E-state index in [9.17, 15) is 0 Å². The fourth-order valence-corrected chi connectivity index (χ4v) is 3.80. The Kier molecular flexibility index (Phi) is 3.47. The molecule has 0 aromatic carbocycles. The van der Waals surface area contributed by atoms with Crippen LogP contribution in [0.3, 0.4) is 0 Å². The molecule has 3 atom stereocenters. The van der Waals surface area contributed by atoms with Crippen LogP contribution in [0.25, 0.3) is 0 Å². The predicted octanol–water partition coefficient (Wildman–Crippen LogP) is 3.84. The van der Waals surface area contributed by atoms with E-state index in [1.807, 2.05) is 0 Å². The van der Waals surface area contributed by atoms with Crippen molar-refractivity contribution < 1.29 is 0 Å². The van der Waals surface area contributed by atoms with Crippen LogP contribution in [0.2, 0.25) is 0 Å². The van der Waals surface area contributed by atoms with Crippen LogP contribution >= 0.6 is 0 Å². The molecule has 0 heterocycles. The van der Waals surface area contributed by atoms with E-state index < -0.39 is 0 Å². The molecule has 0 aromatic rings. The predicted molar refractivity (Wildman–Crippen MR) is 72.9 cm³/mol. The summed E-state index contributed by atoms with van der Waals surface area (Å²) in [5, 5.41) is 3.92. The Morgan fingerprint density at radius 1 is 0.882 bits per heavy atom. The van der Waals surface area contributed by atoms with Crippen LogP contribution in [0, 0.1) is 29.6 Å². The highest BCUT2D eigenvalue weighted by Gasteiger charge is 2.41. The van der Waals surface area contributed by atoms with Crippen molar-refractivity contribution in [3.8, 4) is 0 Å². The molecule has 0 aromatic heterocycles. The second kappa shape index (κ2) is 4.91. The quantitative estimate of drug-likeness (QED) is 0.763. The van der Waals surface area contributed by atoms with Crippen LogP contribution in [0.5, 0.6) is 0 Å². The van der Waals surface area contributed by atoms with Gasteiger partial charge in [0.25, 0.3) is 0 Å². The van der Waals surface area contributed by atoms with Gasteiger partial charge in [0.2, 0.25) is 0 Å². The number of hydrogen-bond donors (Lipinski definition) is 1. The highest BCUT2D eigenvalue weighted by molar-refractivity contribution is 4.93. The molecule has 98 valence electrons. The van der Waals surface area contributed by atoms with Gasteiger partial charge in [-0.2, -0.15) is 0 Å². The molecule has 3 unspecified atom stereocenters. The third-order valence-electron chi connectivity index (χ3n) is 5.70. The van der Waals surface area contributed by atoms with E-state index in [1.54, 1.807) is 0 Å². The molecule has 3 aliphatic rings. The molecule has 1 N–H and O–H groups in total. The topological polar surface area (TPSA) is 12.0 Å². The first kappa shape index (κ1) is 12.0. The van der Waals surface area contributed by atoms with E-state index >= 15 is 0 Å².